The SMILES string of the molecule is Cc1c(C(=O)NC(C)(CN)C(C)C)oc2ccc(Br)cc12. The number of rotatable bonds is 4. The Bertz CT molecular complexity index is 678. The molecular formula is C16H21BrN2O2. The normalized spacial score (nSPS) is 14.4. The first-order valence-electron chi connectivity index (χ1n) is 6.99. The molecule has 1 unspecified atom stereocenters. The summed E-state index contributed by atoms with van der Waals surface area (Å²) in [7, 11) is 0. The highest BCUT2D eigenvalue weighted by Crippen LogP contribution is 2.28. The largest absolute Gasteiger partial charge is 0.451 e. The van der Waals surface area contributed by atoms with Crippen molar-refractivity contribution in [1.29, 1.82) is 0 Å². The number of halogens is 1. The average molecular weight is 353 g/mol. The molecule has 5 heteroatoms. The van der Waals surface area contributed by atoms with Gasteiger partial charge in [-0.15, -0.1) is 0 Å². The fourth-order valence-corrected chi connectivity index (χ4v) is 2.52. The molecule has 2 aromatic rings. The van der Waals surface area contributed by atoms with Crippen molar-refractivity contribution in [3.05, 3.63) is 34.0 Å². The molecule has 1 atom stereocenters. The molecule has 21 heavy (non-hydrogen) atoms. The number of nitrogens with two attached hydrogens (primary N) is 1. The molecule has 2 rings (SSSR count). The maximum atomic E-state index is 12.5. The van der Waals surface area contributed by atoms with Crippen molar-refractivity contribution in [2.45, 2.75) is 33.2 Å². The minimum absolute atomic E-state index is 0.221. The number of amides is 1. The number of hydrogen-bond acceptors (Lipinski definition) is 3. The molecule has 1 heterocycles. The predicted octanol–water partition coefficient (Wildman–Crippen LogP) is 3.61. The standard InChI is InChI=1S/C16H21BrN2O2/c1-9(2)16(4,8-18)19-15(20)14-10(3)12-7-11(17)5-6-13(12)21-14/h5-7,9H,8,18H2,1-4H3,(H,19,20). The van der Waals surface area contributed by atoms with Gasteiger partial charge in [-0.25, -0.2) is 0 Å². The van der Waals surface area contributed by atoms with Gasteiger partial charge in [0.1, 0.15) is 5.58 Å². The Morgan fingerprint density at radius 2 is 2.14 bits per heavy atom. The first kappa shape index (κ1) is 16.0. The van der Waals surface area contributed by atoms with Gasteiger partial charge in [0.15, 0.2) is 5.76 Å². The van der Waals surface area contributed by atoms with Gasteiger partial charge in [0, 0.05) is 22.0 Å². The molecule has 0 aliphatic carbocycles. The summed E-state index contributed by atoms with van der Waals surface area (Å²) >= 11 is 3.43. The Morgan fingerprint density at radius 3 is 2.71 bits per heavy atom. The highest BCUT2D eigenvalue weighted by molar-refractivity contribution is 9.10. The molecule has 0 bridgehead atoms. The van der Waals surface area contributed by atoms with Crippen molar-refractivity contribution < 1.29 is 9.21 Å². The average Bonchev–Trinajstić information content (AvgIpc) is 2.75. The Kier molecular flexibility index (Phi) is 4.44. The van der Waals surface area contributed by atoms with Crippen LogP contribution < -0.4 is 11.1 Å². The Hall–Kier alpha value is -1.33. The van der Waals surface area contributed by atoms with Crippen LogP contribution in [0.4, 0.5) is 0 Å². The van der Waals surface area contributed by atoms with E-state index >= 15 is 0 Å². The molecule has 1 aromatic carbocycles. The van der Waals surface area contributed by atoms with Crippen molar-refractivity contribution >= 4 is 32.8 Å². The number of carbonyl (C=O) groups is 1. The molecule has 0 aliphatic rings. The van der Waals surface area contributed by atoms with Gasteiger partial charge in [-0.05, 0) is 38.0 Å². The predicted molar refractivity (Wildman–Crippen MR) is 88.4 cm³/mol. The monoisotopic (exact) mass is 352 g/mol. The van der Waals surface area contributed by atoms with Gasteiger partial charge < -0.3 is 15.5 Å². The van der Waals surface area contributed by atoms with E-state index in [4.69, 9.17) is 10.2 Å². The van der Waals surface area contributed by atoms with Crippen LogP contribution in [-0.2, 0) is 0 Å². The minimum Gasteiger partial charge on any atom is -0.451 e. The second kappa shape index (κ2) is 5.81. The smallest absolute Gasteiger partial charge is 0.287 e. The molecule has 0 radical (unpaired) electrons. The van der Waals surface area contributed by atoms with Gasteiger partial charge in [0.05, 0.1) is 5.54 Å². The number of fused-ring (bicyclic) bond motifs is 1. The van der Waals surface area contributed by atoms with Crippen molar-refractivity contribution in [3.63, 3.8) is 0 Å². The number of nitrogens with one attached hydrogen (secondary N) is 1. The summed E-state index contributed by atoms with van der Waals surface area (Å²) in [5, 5.41) is 3.94. The second-order valence-corrected chi connectivity index (χ2v) is 6.84. The maximum absolute atomic E-state index is 12.5. The molecule has 3 N–H and O–H groups in total. The minimum atomic E-state index is -0.455. The highest BCUT2D eigenvalue weighted by Gasteiger charge is 2.30. The van der Waals surface area contributed by atoms with Crippen LogP contribution in [0.3, 0.4) is 0 Å². The Balaban J connectivity index is 2.38. The van der Waals surface area contributed by atoms with Gasteiger partial charge in [-0.2, -0.15) is 0 Å². The Morgan fingerprint density at radius 1 is 1.48 bits per heavy atom. The van der Waals surface area contributed by atoms with Gasteiger partial charge in [0.25, 0.3) is 5.91 Å². The van der Waals surface area contributed by atoms with Gasteiger partial charge in [-0.3, -0.25) is 4.79 Å². The molecule has 1 amide bonds. The second-order valence-electron chi connectivity index (χ2n) is 5.93. The van der Waals surface area contributed by atoms with E-state index in [1.807, 2.05) is 45.9 Å². The Labute approximate surface area is 133 Å². The van der Waals surface area contributed by atoms with Crippen LogP contribution in [0.25, 0.3) is 11.0 Å². The van der Waals surface area contributed by atoms with E-state index in [0.29, 0.717) is 17.9 Å². The first-order valence-corrected chi connectivity index (χ1v) is 7.79. The van der Waals surface area contributed by atoms with Crippen LogP contribution in [0, 0.1) is 12.8 Å². The summed E-state index contributed by atoms with van der Waals surface area (Å²) in [4.78, 5) is 12.5. The van der Waals surface area contributed by atoms with Crippen LogP contribution in [0.1, 0.15) is 36.9 Å². The summed E-state index contributed by atoms with van der Waals surface area (Å²) in [6, 6.07) is 5.70. The van der Waals surface area contributed by atoms with Crippen LogP contribution >= 0.6 is 15.9 Å². The topological polar surface area (TPSA) is 68.3 Å². The van der Waals surface area contributed by atoms with E-state index < -0.39 is 5.54 Å². The van der Waals surface area contributed by atoms with Gasteiger partial charge >= 0.3 is 0 Å². The molecule has 0 fully saturated rings. The van der Waals surface area contributed by atoms with E-state index in [9.17, 15) is 4.79 Å². The molecule has 0 saturated carbocycles. The first-order chi connectivity index (χ1) is 9.78. The summed E-state index contributed by atoms with van der Waals surface area (Å²) in [5.74, 6) is 0.357. The van der Waals surface area contributed by atoms with E-state index in [1.54, 1.807) is 0 Å². The molecular weight excluding hydrogens is 332 g/mol. The van der Waals surface area contributed by atoms with Crippen molar-refractivity contribution in [3.8, 4) is 0 Å². The zero-order chi connectivity index (χ0) is 15.8. The van der Waals surface area contributed by atoms with E-state index in [0.717, 1.165) is 15.4 Å². The van der Waals surface area contributed by atoms with Crippen LogP contribution in [0.15, 0.2) is 27.1 Å². The summed E-state index contributed by atoms with van der Waals surface area (Å²) in [6.45, 7) is 8.29. The molecule has 1 aromatic heterocycles. The van der Waals surface area contributed by atoms with Crippen LogP contribution in [0.5, 0.6) is 0 Å². The van der Waals surface area contributed by atoms with Crippen LogP contribution in [0.2, 0.25) is 0 Å². The molecule has 0 spiro atoms. The lowest BCUT2D eigenvalue weighted by Crippen LogP contribution is -2.55. The van der Waals surface area contributed by atoms with Crippen molar-refractivity contribution in [2.24, 2.45) is 11.7 Å². The van der Waals surface area contributed by atoms with Gasteiger partial charge in [-0.1, -0.05) is 29.8 Å². The van der Waals surface area contributed by atoms with E-state index in [1.165, 1.54) is 0 Å². The third-order valence-electron chi connectivity index (χ3n) is 4.20. The van der Waals surface area contributed by atoms with Gasteiger partial charge in [0.2, 0.25) is 0 Å². The summed E-state index contributed by atoms with van der Waals surface area (Å²) in [6.07, 6.45) is 0. The van der Waals surface area contributed by atoms with Crippen LogP contribution in [-0.4, -0.2) is 18.0 Å². The summed E-state index contributed by atoms with van der Waals surface area (Å²) in [5.41, 5.74) is 6.91. The molecule has 0 saturated heterocycles. The van der Waals surface area contributed by atoms with Crippen molar-refractivity contribution in [1.82, 2.24) is 5.32 Å². The number of hydrogen-bond donors (Lipinski definition) is 2. The van der Waals surface area contributed by atoms with E-state index in [-0.39, 0.29) is 11.8 Å². The summed E-state index contributed by atoms with van der Waals surface area (Å²) < 4.78 is 6.67. The maximum Gasteiger partial charge on any atom is 0.287 e. The third kappa shape index (κ3) is 2.99. The number of furan rings is 1. The number of carbonyl (C=O) groups excluding carboxylic acids is 1. The van der Waals surface area contributed by atoms with E-state index in [2.05, 4.69) is 21.2 Å². The lowest BCUT2D eigenvalue weighted by molar-refractivity contribution is 0.0856. The molecule has 4 nitrogen and oxygen atoms in total. The van der Waals surface area contributed by atoms with Crippen molar-refractivity contribution in [2.75, 3.05) is 6.54 Å². The number of benzene rings is 1. The zero-order valence-electron chi connectivity index (χ0n) is 12.8. The fraction of sp³-hybridized carbons (Fsp3) is 0.438. The lowest BCUT2D eigenvalue weighted by Gasteiger charge is -2.33. The fourth-order valence-electron chi connectivity index (χ4n) is 2.16. The zero-order valence-corrected chi connectivity index (χ0v) is 14.4. The lowest BCUT2D eigenvalue weighted by atomic mass is 9.88. The third-order valence-corrected chi connectivity index (χ3v) is 4.70. The quantitative estimate of drug-likeness (QED) is 0.882. The number of aryl methyl sites for hydroxylation is 1. The molecule has 0 aliphatic heterocycles. The molecule has 114 valence electrons. The highest BCUT2D eigenvalue weighted by atomic mass is 79.9.